The van der Waals surface area contributed by atoms with Crippen molar-refractivity contribution in [1.29, 1.82) is 0 Å². The normalized spacial score (nSPS) is 14.7. The van der Waals surface area contributed by atoms with E-state index in [1.165, 1.54) is 5.56 Å². The van der Waals surface area contributed by atoms with E-state index in [0.717, 1.165) is 37.7 Å². The Morgan fingerprint density at radius 3 is 2.85 bits per heavy atom. The zero-order chi connectivity index (χ0) is 14.5. The number of carboxylic acids is 1. The number of nitrogens with one attached hydrogen (secondary N) is 1. The third kappa shape index (κ3) is 3.18. The van der Waals surface area contributed by atoms with Crippen LogP contribution in [0, 0.1) is 0 Å². The fourth-order valence-corrected chi connectivity index (χ4v) is 2.73. The molecule has 0 fully saturated rings. The van der Waals surface area contributed by atoms with Crippen LogP contribution in [0.4, 0.5) is 0 Å². The van der Waals surface area contributed by atoms with Gasteiger partial charge in [-0.25, -0.2) is 4.79 Å². The van der Waals surface area contributed by atoms with Crippen molar-refractivity contribution >= 4 is 11.9 Å². The van der Waals surface area contributed by atoms with Gasteiger partial charge in [0.15, 0.2) is 0 Å². The molecule has 0 saturated heterocycles. The molecule has 0 aliphatic heterocycles. The van der Waals surface area contributed by atoms with Crippen molar-refractivity contribution in [2.75, 3.05) is 0 Å². The van der Waals surface area contributed by atoms with Gasteiger partial charge < -0.3 is 10.4 Å². The third-order valence-corrected chi connectivity index (χ3v) is 3.84. The summed E-state index contributed by atoms with van der Waals surface area (Å²) in [5, 5.41) is 11.8. The van der Waals surface area contributed by atoms with E-state index in [4.69, 9.17) is 0 Å². The Labute approximate surface area is 119 Å². The number of carboxylic acid groups (broad SMARTS) is 1. The monoisotopic (exact) mass is 275 g/mol. The van der Waals surface area contributed by atoms with Crippen molar-refractivity contribution in [2.24, 2.45) is 0 Å². The molecule has 1 amide bonds. The summed E-state index contributed by atoms with van der Waals surface area (Å²) in [5.41, 5.74) is 2.95. The number of hydrogen-bond donors (Lipinski definition) is 2. The van der Waals surface area contributed by atoms with Crippen LogP contribution in [0.1, 0.15) is 54.1 Å². The summed E-state index contributed by atoms with van der Waals surface area (Å²) in [7, 11) is 0. The Bertz CT molecular complexity index is 510. The lowest BCUT2D eigenvalue weighted by molar-refractivity contribution is -0.139. The molecule has 0 bridgehead atoms. The highest BCUT2D eigenvalue weighted by Crippen LogP contribution is 2.25. The Morgan fingerprint density at radius 1 is 1.35 bits per heavy atom. The van der Waals surface area contributed by atoms with E-state index in [2.05, 4.69) is 5.32 Å². The van der Waals surface area contributed by atoms with Crippen LogP contribution >= 0.6 is 0 Å². The van der Waals surface area contributed by atoms with Crippen molar-refractivity contribution in [3.8, 4) is 0 Å². The minimum Gasteiger partial charge on any atom is -0.480 e. The van der Waals surface area contributed by atoms with Gasteiger partial charge >= 0.3 is 5.97 Å². The van der Waals surface area contributed by atoms with Gasteiger partial charge in [0, 0.05) is 5.56 Å². The van der Waals surface area contributed by atoms with Gasteiger partial charge in [0.2, 0.25) is 0 Å². The minimum atomic E-state index is -0.959. The summed E-state index contributed by atoms with van der Waals surface area (Å²) < 4.78 is 0. The van der Waals surface area contributed by atoms with Gasteiger partial charge in [0.05, 0.1) is 0 Å². The molecule has 1 atom stereocenters. The molecule has 1 aliphatic carbocycles. The molecule has 4 heteroatoms. The number of benzene rings is 1. The van der Waals surface area contributed by atoms with Gasteiger partial charge in [-0.15, -0.1) is 0 Å². The van der Waals surface area contributed by atoms with E-state index in [1.807, 2.05) is 19.1 Å². The quantitative estimate of drug-likeness (QED) is 0.838. The summed E-state index contributed by atoms with van der Waals surface area (Å²) in [6.45, 7) is 2.00. The second-order valence-corrected chi connectivity index (χ2v) is 5.30. The summed E-state index contributed by atoms with van der Waals surface area (Å²) in [6, 6.07) is 4.92. The van der Waals surface area contributed by atoms with Gasteiger partial charge in [-0.2, -0.15) is 0 Å². The van der Waals surface area contributed by atoms with Crippen LogP contribution in [0.15, 0.2) is 18.2 Å². The van der Waals surface area contributed by atoms with Crippen LogP contribution < -0.4 is 5.32 Å². The molecule has 0 spiro atoms. The van der Waals surface area contributed by atoms with Gasteiger partial charge in [-0.3, -0.25) is 4.79 Å². The highest BCUT2D eigenvalue weighted by molar-refractivity contribution is 5.98. The first-order valence-electron chi connectivity index (χ1n) is 7.28. The lowest BCUT2D eigenvalue weighted by Crippen LogP contribution is -2.41. The molecule has 1 aromatic rings. The summed E-state index contributed by atoms with van der Waals surface area (Å²) in [4.78, 5) is 23.5. The van der Waals surface area contributed by atoms with E-state index < -0.39 is 12.0 Å². The molecule has 4 nitrogen and oxygen atoms in total. The van der Waals surface area contributed by atoms with Crippen LogP contribution in [0.5, 0.6) is 0 Å². The first-order chi connectivity index (χ1) is 9.63. The Kier molecular flexibility index (Phi) is 4.77. The van der Waals surface area contributed by atoms with Gasteiger partial charge in [-0.1, -0.05) is 31.9 Å². The number of amides is 1. The highest BCUT2D eigenvalue weighted by atomic mass is 16.4. The van der Waals surface area contributed by atoms with Gasteiger partial charge in [0.1, 0.15) is 6.04 Å². The second-order valence-electron chi connectivity index (χ2n) is 5.30. The SMILES string of the molecule is CCCCC(NC(=O)c1cccc2c1CCC2)C(=O)O. The number of fused-ring (bicyclic) bond motifs is 1. The van der Waals surface area contributed by atoms with Crippen LogP contribution in [-0.4, -0.2) is 23.0 Å². The lowest BCUT2D eigenvalue weighted by Gasteiger charge is -2.15. The molecule has 0 radical (unpaired) electrons. The minimum absolute atomic E-state index is 0.257. The van der Waals surface area contributed by atoms with Crippen molar-refractivity contribution in [2.45, 2.75) is 51.5 Å². The number of hydrogen-bond acceptors (Lipinski definition) is 2. The molecule has 0 saturated carbocycles. The van der Waals surface area contributed by atoms with Gasteiger partial charge in [-0.05, 0) is 42.9 Å². The zero-order valence-electron chi connectivity index (χ0n) is 11.8. The van der Waals surface area contributed by atoms with Crippen molar-refractivity contribution in [3.63, 3.8) is 0 Å². The third-order valence-electron chi connectivity index (χ3n) is 3.84. The molecule has 20 heavy (non-hydrogen) atoms. The first kappa shape index (κ1) is 14.6. The molecule has 108 valence electrons. The molecular formula is C16H21NO3. The van der Waals surface area contributed by atoms with E-state index in [-0.39, 0.29) is 5.91 Å². The molecule has 1 aliphatic rings. The molecule has 1 aromatic carbocycles. The molecular weight excluding hydrogens is 254 g/mol. The molecule has 2 N–H and O–H groups in total. The first-order valence-corrected chi connectivity index (χ1v) is 7.28. The van der Waals surface area contributed by atoms with Crippen molar-refractivity contribution < 1.29 is 14.7 Å². The maximum absolute atomic E-state index is 12.3. The van der Waals surface area contributed by atoms with Crippen LogP contribution in [0.25, 0.3) is 0 Å². The molecule has 2 rings (SSSR count). The van der Waals surface area contributed by atoms with E-state index >= 15 is 0 Å². The van der Waals surface area contributed by atoms with Gasteiger partial charge in [0.25, 0.3) is 5.91 Å². The Hall–Kier alpha value is -1.84. The standard InChI is InChI=1S/C16H21NO3/c1-2-3-10-14(16(19)20)17-15(18)13-9-5-7-11-6-4-8-12(11)13/h5,7,9,14H,2-4,6,8,10H2,1H3,(H,17,18)(H,19,20). The molecule has 0 aromatic heterocycles. The van der Waals surface area contributed by atoms with Crippen molar-refractivity contribution in [3.05, 3.63) is 34.9 Å². The summed E-state index contributed by atoms with van der Waals surface area (Å²) >= 11 is 0. The largest absolute Gasteiger partial charge is 0.480 e. The fourth-order valence-electron chi connectivity index (χ4n) is 2.73. The molecule has 0 heterocycles. The maximum atomic E-state index is 12.3. The fraction of sp³-hybridized carbons (Fsp3) is 0.500. The topological polar surface area (TPSA) is 66.4 Å². The number of rotatable bonds is 6. The lowest BCUT2D eigenvalue weighted by atomic mass is 10.0. The van der Waals surface area contributed by atoms with E-state index in [1.54, 1.807) is 6.07 Å². The summed E-state index contributed by atoms with van der Waals surface area (Å²) in [6.07, 6.45) is 5.18. The predicted molar refractivity (Wildman–Crippen MR) is 76.9 cm³/mol. The Morgan fingerprint density at radius 2 is 2.15 bits per heavy atom. The average molecular weight is 275 g/mol. The second kappa shape index (κ2) is 6.55. The van der Waals surface area contributed by atoms with Crippen LogP contribution in [-0.2, 0) is 17.6 Å². The number of unbranched alkanes of at least 4 members (excludes halogenated alkanes) is 1. The summed E-state index contributed by atoms with van der Waals surface area (Å²) in [5.74, 6) is -1.22. The molecule has 1 unspecified atom stereocenters. The van der Waals surface area contributed by atoms with Crippen LogP contribution in [0.2, 0.25) is 0 Å². The maximum Gasteiger partial charge on any atom is 0.326 e. The van der Waals surface area contributed by atoms with Crippen molar-refractivity contribution in [1.82, 2.24) is 5.32 Å². The predicted octanol–water partition coefficient (Wildman–Crippen LogP) is 2.55. The smallest absolute Gasteiger partial charge is 0.326 e. The number of aryl methyl sites for hydroxylation is 1. The van der Waals surface area contributed by atoms with E-state index in [9.17, 15) is 14.7 Å². The number of aliphatic carboxylic acids is 1. The average Bonchev–Trinajstić information content (AvgIpc) is 2.90. The number of carbonyl (C=O) groups excluding carboxylic acids is 1. The highest BCUT2D eigenvalue weighted by Gasteiger charge is 2.23. The van der Waals surface area contributed by atoms with E-state index in [0.29, 0.717) is 12.0 Å². The van der Waals surface area contributed by atoms with Crippen LogP contribution in [0.3, 0.4) is 0 Å². The Balaban J connectivity index is 2.11. The number of carbonyl (C=O) groups is 2. The zero-order valence-corrected chi connectivity index (χ0v) is 11.8.